The van der Waals surface area contributed by atoms with E-state index in [2.05, 4.69) is 24.4 Å². The lowest BCUT2D eigenvalue weighted by Gasteiger charge is -2.03. The molecule has 0 spiro atoms. The SMILES string of the molecule is CCNCC1CC1c1ccc2c(c1)OCO2. The fourth-order valence-corrected chi connectivity index (χ4v) is 2.35. The highest BCUT2D eigenvalue weighted by atomic mass is 16.7. The number of nitrogens with one attached hydrogen (secondary N) is 1. The predicted octanol–water partition coefficient (Wildman–Crippen LogP) is 2.13. The normalized spacial score (nSPS) is 25.8. The van der Waals surface area contributed by atoms with Gasteiger partial charge in [-0.15, -0.1) is 0 Å². The maximum absolute atomic E-state index is 5.40. The zero-order chi connectivity index (χ0) is 11.0. The van der Waals surface area contributed by atoms with Gasteiger partial charge in [0.05, 0.1) is 0 Å². The lowest BCUT2D eigenvalue weighted by atomic mass is 10.1. The summed E-state index contributed by atoms with van der Waals surface area (Å²) in [5.74, 6) is 3.31. The summed E-state index contributed by atoms with van der Waals surface area (Å²) in [4.78, 5) is 0. The highest BCUT2D eigenvalue weighted by Crippen LogP contribution is 2.49. The van der Waals surface area contributed by atoms with E-state index in [9.17, 15) is 0 Å². The number of benzene rings is 1. The average Bonchev–Trinajstić information content (AvgIpc) is 2.93. The van der Waals surface area contributed by atoms with Gasteiger partial charge in [0.1, 0.15) is 0 Å². The Morgan fingerprint density at radius 3 is 3.06 bits per heavy atom. The van der Waals surface area contributed by atoms with Crippen LogP contribution >= 0.6 is 0 Å². The van der Waals surface area contributed by atoms with Gasteiger partial charge in [0.2, 0.25) is 6.79 Å². The van der Waals surface area contributed by atoms with Crippen molar-refractivity contribution in [1.82, 2.24) is 5.32 Å². The van der Waals surface area contributed by atoms with E-state index >= 15 is 0 Å². The molecule has 2 atom stereocenters. The quantitative estimate of drug-likeness (QED) is 0.841. The second-order valence-corrected chi connectivity index (χ2v) is 4.52. The minimum Gasteiger partial charge on any atom is -0.454 e. The van der Waals surface area contributed by atoms with Crippen LogP contribution in [0.3, 0.4) is 0 Å². The minimum absolute atomic E-state index is 0.365. The molecule has 1 fully saturated rings. The van der Waals surface area contributed by atoms with E-state index in [0.29, 0.717) is 12.7 Å². The fraction of sp³-hybridized carbons (Fsp3) is 0.538. The fourth-order valence-electron chi connectivity index (χ4n) is 2.35. The largest absolute Gasteiger partial charge is 0.454 e. The number of hydrogen-bond donors (Lipinski definition) is 1. The first-order valence-electron chi connectivity index (χ1n) is 5.98. The molecule has 3 rings (SSSR count). The first-order valence-corrected chi connectivity index (χ1v) is 5.98. The number of rotatable bonds is 4. The van der Waals surface area contributed by atoms with Crippen molar-refractivity contribution in [3.05, 3.63) is 23.8 Å². The van der Waals surface area contributed by atoms with Gasteiger partial charge >= 0.3 is 0 Å². The Hall–Kier alpha value is -1.22. The molecule has 1 aromatic rings. The minimum atomic E-state index is 0.365. The molecule has 2 aliphatic rings. The first kappa shape index (κ1) is 9.97. The lowest BCUT2D eigenvalue weighted by Crippen LogP contribution is -2.16. The molecule has 1 saturated carbocycles. The van der Waals surface area contributed by atoms with Crippen LogP contribution in [0.25, 0.3) is 0 Å². The molecular formula is C13H17NO2. The molecule has 86 valence electrons. The summed E-state index contributed by atoms with van der Waals surface area (Å²) in [6.07, 6.45) is 1.30. The van der Waals surface area contributed by atoms with Crippen LogP contribution in [0.2, 0.25) is 0 Å². The summed E-state index contributed by atoms with van der Waals surface area (Å²) in [6, 6.07) is 6.34. The summed E-state index contributed by atoms with van der Waals surface area (Å²) >= 11 is 0. The van der Waals surface area contributed by atoms with Gasteiger partial charge in [-0.1, -0.05) is 13.0 Å². The molecule has 16 heavy (non-hydrogen) atoms. The van der Waals surface area contributed by atoms with Crippen LogP contribution < -0.4 is 14.8 Å². The van der Waals surface area contributed by atoms with Gasteiger partial charge in [0.25, 0.3) is 0 Å². The van der Waals surface area contributed by atoms with Crippen molar-refractivity contribution in [2.75, 3.05) is 19.9 Å². The van der Waals surface area contributed by atoms with Crippen molar-refractivity contribution >= 4 is 0 Å². The van der Waals surface area contributed by atoms with Crippen LogP contribution in [-0.2, 0) is 0 Å². The van der Waals surface area contributed by atoms with Gasteiger partial charge in [0.15, 0.2) is 11.5 Å². The highest BCUT2D eigenvalue weighted by molar-refractivity contribution is 5.46. The molecule has 1 heterocycles. The Bertz CT molecular complexity index is 392. The Labute approximate surface area is 95.8 Å². The Morgan fingerprint density at radius 2 is 2.19 bits per heavy atom. The summed E-state index contributed by atoms with van der Waals surface area (Å²) in [7, 11) is 0. The maximum Gasteiger partial charge on any atom is 0.231 e. The molecule has 3 nitrogen and oxygen atoms in total. The van der Waals surface area contributed by atoms with Crippen molar-refractivity contribution in [2.45, 2.75) is 19.3 Å². The topological polar surface area (TPSA) is 30.5 Å². The summed E-state index contributed by atoms with van der Waals surface area (Å²) in [6.45, 7) is 4.71. The van der Waals surface area contributed by atoms with Gasteiger partial charge in [-0.2, -0.15) is 0 Å². The van der Waals surface area contributed by atoms with Crippen molar-refractivity contribution < 1.29 is 9.47 Å². The van der Waals surface area contributed by atoms with Crippen molar-refractivity contribution in [2.24, 2.45) is 5.92 Å². The Morgan fingerprint density at radius 1 is 1.31 bits per heavy atom. The van der Waals surface area contributed by atoms with Crippen molar-refractivity contribution in [3.8, 4) is 11.5 Å². The third-order valence-electron chi connectivity index (χ3n) is 3.40. The summed E-state index contributed by atoms with van der Waals surface area (Å²) in [5.41, 5.74) is 1.40. The second kappa shape index (κ2) is 3.98. The number of fused-ring (bicyclic) bond motifs is 1. The monoisotopic (exact) mass is 219 g/mol. The van der Waals surface area contributed by atoms with E-state index in [4.69, 9.17) is 9.47 Å². The zero-order valence-corrected chi connectivity index (χ0v) is 9.53. The van der Waals surface area contributed by atoms with E-state index < -0.39 is 0 Å². The predicted molar refractivity (Wildman–Crippen MR) is 62.0 cm³/mol. The smallest absolute Gasteiger partial charge is 0.231 e. The molecule has 0 saturated heterocycles. The number of ether oxygens (including phenoxy) is 2. The van der Waals surface area contributed by atoms with E-state index in [1.165, 1.54) is 12.0 Å². The van der Waals surface area contributed by atoms with Gasteiger partial charge in [0, 0.05) is 0 Å². The van der Waals surface area contributed by atoms with Gasteiger partial charge in [-0.25, -0.2) is 0 Å². The van der Waals surface area contributed by atoms with Crippen LogP contribution in [0.4, 0.5) is 0 Å². The maximum atomic E-state index is 5.40. The molecule has 1 N–H and O–H groups in total. The second-order valence-electron chi connectivity index (χ2n) is 4.52. The Kier molecular flexibility index (Phi) is 2.48. The van der Waals surface area contributed by atoms with E-state index in [-0.39, 0.29) is 0 Å². The third-order valence-corrected chi connectivity index (χ3v) is 3.40. The van der Waals surface area contributed by atoms with Crippen molar-refractivity contribution in [1.29, 1.82) is 0 Å². The van der Waals surface area contributed by atoms with Gasteiger partial charge < -0.3 is 14.8 Å². The average molecular weight is 219 g/mol. The first-order chi connectivity index (χ1) is 7.88. The van der Waals surface area contributed by atoms with E-state index in [1.807, 2.05) is 6.07 Å². The molecule has 3 heteroatoms. The van der Waals surface area contributed by atoms with Crippen LogP contribution in [-0.4, -0.2) is 19.9 Å². The lowest BCUT2D eigenvalue weighted by molar-refractivity contribution is 0.174. The molecule has 2 unspecified atom stereocenters. The van der Waals surface area contributed by atoms with Crippen LogP contribution in [0, 0.1) is 5.92 Å². The molecule has 0 radical (unpaired) electrons. The van der Waals surface area contributed by atoms with Gasteiger partial charge in [-0.3, -0.25) is 0 Å². The standard InChI is InChI=1S/C13H17NO2/c1-2-14-7-10-5-11(10)9-3-4-12-13(6-9)16-8-15-12/h3-4,6,10-11,14H,2,5,7-8H2,1H3. The van der Waals surface area contributed by atoms with Gasteiger partial charge in [-0.05, 0) is 49.0 Å². The summed E-state index contributed by atoms with van der Waals surface area (Å²) < 4.78 is 10.7. The van der Waals surface area contributed by atoms with Crippen LogP contribution in [0.1, 0.15) is 24.8 Å². The molecule has 0 amide bonds. The highest BCUT2D eigenvalue weighted by Gasteiger charge is 2.38. The van der Waals surface area contributed by atoms with Crippen molar-refractivity contribution in [3.63, 3.8) is 0 Å². The zero-order valence-electron chi connectivity index (χ0n) is 9.53. The number of hydrogen-bond acceptors (Lipinski definition) is 3. The van der Waals surface area contributed by atoms with Crippen LogP contribution in [0.15, 0.2) is 18.2 Å². The molecule has 1 aliphatic carbocycles. The third kappa shape index (κ3) is 1.76. The summed E-state index contributed by atoms with van der Waals surface area (Å²) in [5, 5.41) is 3.41. The molecular weight excluding hydrogens is 202 g/mol. The van der Waals surface area contributed by atoms with E-state index in [1.54, 1.807) is 0 Å². The molecule has 1 aliphatic heterocycles. The Balaban J connectivity index is 1.68. The molecule has 0 aromatic heterocycles. The molecule has 0 bridgehead atoms. The molecule has 1 aromatic carbocycles. The van der Waals surface area contributed by atoms with Crippen LogP contribution in [0.5, 0.6) is 11.5 Å². The van der Waals surface area contributed by atoms with E-state index in [0.717, 1.165) is 30.5 Å².